The molecule has 2 rings (SSSR count). The van der Waals surface area contributed by atoms with Crippen LogP contribution >= 0.6 is 0 Å². The molecule has 0 saturated heterocycles. The highest BCUT2D eigenvalue weighted by Gasteiger charge is 2.32. The molecule has 2 heteroatoms. The van der Waals surface area contributed by atoms with Crippen molar-refractivity contribution in [3.05, 3.63) is 60.2 Å². The molecule has 0 N–H and O–H groups in total. The van der Waals surface area contributed by atoms with Crippen molar-refractivity contribution >= 4 is 0 Å². The summed E-state index contributed by atoms with van der Waals surface area (Å²) in [7, 11) is 0. The van der Waals surface area contributed by atoms with Crippen LogP contribution in [0.3, 0.4) is 0 Å². The standard InChI is InChI=1S/C27H40O2/c1-9-27(7,8)24(19-26(4,5)6)21-15-17-23(18-16-21)29-25(20(2)3)28-22-13-11-10-12-14-22/h10-18,20,24-25H,9,19H2,1-8H3. The van der Waals surface area contributed by atoms with Gasteiger partial charge in [0.15, 0.2) is 0 Å². The van der Waals surface area contributed by atoms with E-state index in [9.17, 15) is 0 Å². The zero-order valence-corrected chi connectivity index (χ0v) is 19.7. The van der Waals surface area contributed by atoms with E-state index in [1.807, 2.05) is 30.3 Å². The van der Waals surface area contributed by atoms with E-state index in [0.29, 0.717) is 11.3 Å². The van der Waals surface area contributed by atoms with Crippen molar-refractivity contribution in [3.8, 4) is 11.5 Å². The van der Waals surface area contributed by atoms with Gasteiger partial charge in [-0.2, -0.15) is 0 Å². The Morgan fingerprint density at radius 1 is 0.759 bits per heavy atom. The van der Waals surface area contributed by atoms with Gasteiger partial charge < -0.3 is 9.47 Å². The summed E-state index contributed by atoms with van der Waals surface area (Å²) in [5.74, 6) is 2.44. The van der Waals surface area contributed by atoms with Gasteiger partial charge in [-0.25, -0.2) is 0 Å². The third-order valence-electron chi connectivity index (χ3n) is 5.75. The molecule has 0 bridgehead atoms. The molecule has 0 aliphatic heterocycles. The summed E-state index contributed by atoms with van der Waals surface area (Å²) >= 11 is 0. The van der Waals surface area contributed by atoms with Crippen molar-refractivity contribution in [1.29, 1.82) is 0 Å². The third kappa shape index (κ3) is 7.10. The van der Waals surface area contributed by atoms with Gasteiger partial charge in [-0.15, -0.1) is 0 Å². The molecule has 0 fully saturated rings. The van der Waals surface area contributed by atoms with Crippen molar-refractivity contribution in [2.45, 2.75) is 80.4 Å². The Morgan fingerprint density at radius 3 is 1.72 bits per heavy atom. The van der Waals surface area contributed by atoms with E-state index in [1.165, 1.54) is 12.0 Å². The fraction of sp³-hybridized carbons (Fsp3) is 0.556. The Balaban J connectivity index is 2.18. The van der Waals surface area contributed by atoms with Crippen LogP contribution in [0, 0.1) is 16.7 Å². The lowest BCUT2D eigenvalue weighted by atomic mass is 9.67. The van der Waals surface area contributed by atoms with Gasteiger partial charge in [0.2, 0.25) is 6.29 Å². The van der Waals surface area contributed by atoms with Crippen LogP contribution in [0.4, 0.5) is 0 Å². The molecule has 2 nitrogen and oxygen atoms in total. The van der Waals surface area contributed by atoms with Crippen molar-refractivity contribution in [1.82, 2.24) is 0 Å². The van der Waals surface area contributed by atoms with Crippen molar-refractivity contribution in [2.24, 2.45) is 16.7 Å². The van der Waals surface area contributed by atoms with Crippen LogP contribution in [0.25, 0.3) is 0 Å². The van der Waals surface area contributed by atoms with Gasteiger partial charge in [-0.3, -0.25) is 0 Å². The molecule has 0 aliphatic carbocycles. The fourth-order valence-electron chi connectivity index (χ4n) is 3.55. The number of hydrogen-bond donors (Lipinski definition) is 0. The van der Waals surface area contributed by atoms with Crippen LogP contribution < -0.4 is 9.47 Å². The Hall–Kier alpha value is -1.96. The summed E-state index contributed by atoms with van der Waals surface area (Å²) in [5, 5.41) is 0. The molecule has 0 radical (unpaired) electrons. The van der Waals surface area contributed by atoms with Gasteiger partial charge >= 0.3 is 0 Å². The van der Waals surface area contributed by atoms with E-state index in [2.05, 4.69) is 79.7 Å². The molecule has 2 aromatic rings. The van der Waals surface area contributed by atoms with Crippen LogP contribution in [0.5, 0.6) is 11.5 Å². The molecule has 0 aromatic heterocycles. The van der Waals surface area contributed by atoms with Crippen molar-refractivity contribution in [3.63, 3.8) is 0 Å². The summed E-state index contributed by atoms with van der Waals surface area (Å²) in [4.78, 5) is 0. The predicted octanol–water partition coefficient (Wildman–Crippen LogP) is 8.08. The molecular formula is C27H40O2. The van der Waals surface area contributed by atoms with E-state index in [4.69, 9.17) is 9.47 Å². The maximum atomic E-state index is 6.21. The number of ether oxygens (including phenoxy) is 2. The van der Waals surface area contributed by atoms with Gasteiger partial charge in [-0.05, 0) is 53.0 Å². The van der Waals surface area contributed by atoms with Crippen LogP contribution in [-0.4, -0.2) is 6.29 Å². The van der Waals surface area contributed by atoms with Crippen LogP contribution in [0.2, 0.25) is 0 Å². The molecule has 0 heterocycles. The van der Waals surface area contributed by atoms with Gasteiger partial charge in [0.25, 0.3) is 0 Å². The Morgan fingerprint density at radius 2 is 1.28 bits per heavy atom. The van der Waals surface area contributed by atoms with E-state index in [-0.39, 0.29) is 17.6 Å². The molecule has 0 amide bonds. The minimum Gasteiger partial charge on any atom is -0.455 e. The lowest BCUT2D eigenvalue weighted by Gasteiger charge is -2.38. The summed E-state index contributed by atoms with van der Waals surface area (Å²) in [6.07, 6.45) is 2.01. The molecule has 0 spiro atoms. The fourth-order valence-corrected chi connectivity index (χ4v) is 3.55. The molecule has 2 aromatic carbocycles. The van der Waals surface area contributed by atoms with Crippen LogP contribution in [0.15, 0.2) is 54.6 Å². The first-order valence-corrected chi connectivity index (χ1v) is 11.0. The first-order valence-electron chi connectivity index (χ1n) is 11.0. The minimum atomic E-state index is -0.319. The first-order chi connectivity index (χ1) is 13.5. The number of para-hydroxylation sites is 1. The van der Waals surface area contributed by atoms with Gasteiger partial charge in [0, 0.05) is 5.92 Å². The average Bonchev–Trinajstić information content (AvgIpc) is 2.66. The summed E-state index contributed by atoms with van der Waals surface area (Å²) in [6.45, 7) is 18.3. The molecule has 0 saturated carbocycles. The van der Waals surface area contributed by atoms with Crippen LogP contribution in [-0.2, 0) is 0 Å². The second-order valence-electron chi connectivity index (χ2n) is 10.4. The number of rotatable bonds is 9. The molecule has 160 valence electrons. The second-order valence-corrected chi connectivity index (χ2v) is 10.4. The lowest BCUT2D eigenvalue weighted by molar-refractivity contribution is -0.0297. The molecule has 2 atom stereocenters. The quantitative estimate of drug-likeness (QED) is 0.399. The SMILES string of the molecule is CCC(C)(C)C(CC(C)(C)C)c1ccc(OC(Oc2ccccc2)C(C)C)cc1. The highest BCUT2D eigenvalue weighted by molar-refractivity contribution is 5.31. The highest BCUT2D eigenvalue weighted by Crippen LogP contribution is 2.45. The maximum Gasteiger partial charge on any atom is 0.243 e. The highest BCUT2D eigenvalue weighted by atomic mass is 16.7. The smallest absolute Gasteiger partial charge is 0.243 e. The van der Waals surface area contributed by atoms with Crippen molar-refractivity contribution < 1.29 is 9.47 Å². The third-order valence-corrected chi connectivity index (χ3v) is 5.75. The van der Waals surface area contributed by atoms with Gasteiger partial charge in [0.1, 0.15) is 11.5 Å². The van der Waals surface area contributed by atoms with Gasteiger partial charge in [-0.1, -0.05) is 92.1 Å². The first kappa shape index (κ1) is 23.3. The van der Waals surface area contributed by atoms with Gasteiger partial charge in [0.05, 0.1) is 0 Å². The lowest BCUT2D eigenvalue weighted by Crippen LogP contribution is -2.29. The maximum absolute atomic E-state index is 6.21. The zero-order valence-electron chi connectivity index (χ0n) is 19.7. The van der Waals surface area contributed by atoms with Crippen molar-refractivity contribution in [2.75, 3.05) is 0 Å². The van der Waals surface area contributed by atoms with E-state index < -0.39 is 0 Å². The Labute approximate surface area is 178 Å². The largest absolute Gasteiger partial charge is 0.455 e. The molecular weight excluding hydrogens is 356 g/mol. The van der Waals surface area contributed by atoms with E-state index >= 15 is 0 Å². The van der Waals surface area contributed by atoms with E-state index in [0.717, 1.165) is 17.9 Å². The zero-order chi connectivity index (χ0) is 21.7. The average molecular weight is 397 g/mol. The Bertz CT molecular complexity index is 723. The summed E-state index contributed by atoms with van der Waals surface area (Å²) in [6, 6.07) is 18.5. The summed E-state index contributed by atoms with van der Waals surface area (Å²) < 4.78 is 12.3. The minimum absolute atomic E-state index is 0.238. The number of benzene rings is 2. The predicted molar refractivity (Wildman–Crippen MR) is 124 cm³/mol. The van der Waals surface area contributed by atoms with Crippen LogP contribution in [0.1, 0.15) is 79.7 Å². The summed E-state index contributed by atoms with van der Waals surface area (Å²) in [5.41, 5.74) is 1.94. The molecule has 29 heavy (non-hydrogen) atoms. The number of hydrogen-bond acceptors (Lipinski definition) is 2. The van der Waals surface area contributed by atoms with E-state index in [1.54, 1.807) is 0 Å². The molecule has 2 unspecified atom stereocenters. The normalized spacial score (nSPS) is 14.5. The molecule has 0 aliphatic rings. The second kappa shape index (κ2) is 9.69. The topological polar surface area (TPSA) is 18.5 Å². The monoisotopic (exact) mass is 396 g/mol. The Kier molecular flexibility index (Phi) is 7.80.